The Bertz CT molecular complexity index is 1220. The van der Waals surface area contributed by atoms with E-state index in [2.05, 4.69) is 49.2 Å². The predicted octanol–water partition coefficient (Wildman–Crippen LogP) is 2.53. The van der Waals surface area contributed by atoms with Crippen LogP contribution in [0.5, 0.6) is 0 Å². The monoisotopic (exact) mass is 414 g/mol. The molecule has 0 bridgehead atoms. The molecule has 31 heavy (non-hydrogen) atoms. The highest BCUT2D eigenvalue weighted by Gasteiger charge is 2.35. The quantitative estimate of drug-likeness (QED) is 0.550. The van der Waals surface area contributed by atoms with E-state index >= 15 is 0 Å². The summed E-state index contributed by atoms with van der Waals surface area (Å²) in [6.07, 6.45) is 9.84. The molecule has 1 N–H and O–H groups in total. The maximum atomic E-state index is 4.69. The number of nitrogens with one attached hydrogen (secondary N) is 1. The molecule has 1 saturated heterocycles. The van der Waals surface area contributed by atoms with Crippen molar-refractivity contribution in [1.29, 1.82) is 0 Å². The average Bonchev–Trinajstić information content (AvgIpc) is 3.20. The molecule has 158 valence electrons. The van der Waals surface area contributed by atoms with Gasteiger partial charge in [0.15, 0.2) is 5.65 Å². The zero-order valence-electron chi connectivity index (χ0n) is 17.6. The lowest BCUT2D eigenvalue weighted by Gasteiger charge is -2.46. The van der Waals surface area contributed by atoms with Crippen molar-refractivity contribution < 1.29 is 0 Å². The van der Waals surface area contributed by atoms with Crippen molar-refractivity contribution in [2.24, 2.45) is 0 Å². The molecule has 0 spiro atoms. The van der Waals surface area contributed by atoms with E-state index in [4.69, 9.17) is 5.10 Å². The Morgan fingerprint density at radius 1 is 1.00 bits per heavy atom. The van der Waals surface area contributed by atoms with Crippen LogP contribution in [-0.2, 0) is 0 Å². The maximum absolute atomic E-state index is 4.69. The van der Waals surface area contributed by atoms with Crippen molar-refractivity contribution in [3.63, 3.8) is 0 Å². The van der Waals surface area contributed by atoms with Gasteiger partial charge in [-0.2, -0.15) is 0 Å². The fourth-order valence-electron chi connectivity index (χ4n) is 4.70. The van der Waals surface area contributed by atoms with Crippen molar-refractivity contribution in [3.05, 3.63) is 49.1 Å². The summed E-state index contributed by atoms with van der Waals surface area (Å²) < 4.78 is 1.90. The van der Waals surface area contributed by atoms with E-state index in [-0.39, 0.29) is 0 Å². The van der Waals surface area contributed by atoms with Gasteiger partial charge in [0.25, 0.3) is 0 Å². The maximum Gasteiger partial charge on any atom is 0.241 e. The minimum Gasteiger partial charge on any atom is -0.350 e. The lowest BCUT2D eigenvalue weighted by molar-refractivity contribution is 0.0656. The summed E-state index contributed by atoms with van der Waals surface area (Å²) in [5.41, 5.74) is 3.84. The van der Waals surface area contributed by atoms with Crippen LogP contribution in [0.15, 0.2) is 49.1 Å². The van der Waals surface area contributed by atoms with Crippen LogP contribution in [0.25, 0.3) is 27.7 Å². The summed E-state index contributed by atoms with van der Waals surface area (Å²) in [4.78, 5) is 18.4. The van der Waals surface area contributed by atoms with Gasteiger partial charge in [0, 0.05) is 73.4 Å². The van der Waals surface area contributed by atoms with Gasteiger partial charge in [-0.15, -0.1) is 5.10 Å². The topological polar surface area (TPSA) is 74.5 Å². The number of aromatic nitrogens is 5. The van der Waals surface area contributed by atoms with E-state index in [0.29, 0.717) is 18.0 Å². The van der Waals surface area contributed by atoms with Gasteiger partial charge in [0.05, 0.1) is 11.7 Å². The van der Waals surface area contributed by atoms with Crippen LogP contribution < -0.4 is 5.32 Å². The van der Waals surface area contributed by atoms with Crippen LogP contribution in [0.2, 0.25) is 0 Å². The zero-order valence-corrected chi connectivity index (χ0v) is 17.6. The smallest absolute Gasteiger partial charge is 0.241 e. The summed E-state index contributed by atoms with van der Waals surface area (Å²) in [6, 6.07) is 9.30. The number of fused-ring (bicyclic) bond motifs is 2. The SMILES string of the molecule is CN1CCN([C@H]2C[C@@H](Nc3ncc4c(-c5cnc6ncccc6c5)ccn4n3)C2)CC1. The molecule has 0 radical (unpaired) electrons. The summed E-state index contributed by atoms with van der Waals surface area (Å²) in [7, 11) is 2.20. The van der Waals surface area contributed by atoms with Gasteiger partial charge in [0.1, 0.15) is 0 Å². The highest BCUT2D eigenvalue weighted by Crippen LogP contribution is 2.30. The Morgan fingerprint density at radius 2 is 1.87 bits per heavy atom. The summed E-state index contributed by atoms with van der Waals surface area (Å²) >= 11 is 0. The molecule has 0 unspecified atom stereocenters. The normalized spacial score (nSPS) is 22.6. The first-order chi connectivity index (χ1) is 15.2. The van der Waals surface area contributed by atoms with Crippen molar-refractivity contribution in [1.82, 2.24) is 34.4 Å². The summed E-state index contributed by atoms with van der Waals surface area (Å²) in [5, 5.41) is 9.24. The Hall–Kier alpha value is -3.10. The fraction of sp³-hybridized carbons (Fsp3) is 0.391. The van der Waals surface area contributed by atoms with Gasteiger partial charge in [-0.25, -0.2) is 19.5 Å². The number of anilines is 1. The lowest BCUT2D eigenvalue weighted by atomic mass is 9.85. The second-order valence-corrected chi connectivity index (χ2v) is 8.72. The zero-order chi connectivity index (χ0) is 20.8. The highest BCUT2D eigenvalue weighted by molar-refractivity contribution is 5.86. The molecular formula is C23H26N8. The molecule has 8 nitrogen and oxygen atoms in total. The first-order valence-corrected chi connectivity index (χ1v) is 11.0. The first kappa shape index (κ1) is 18.7. The molecule has 5 heterocycles. The van der Waals surface area contributed by atoms with Crippen LogP contribution in [0.1, 0.15) is 12.8 Å². The molecule has 6 rings (SSSR count). The largest absolute Gasteiger partial charge is 0.350 e. The molecule has 2 fully saturated rings. The van der Waals surface area contributed by atoms with Crippen molar-refractivity contribution in [3.8, 4) is 11.1 Å². The third kappa shape index (κ3) is 3.51. The Kier molecular flexibility index (Phi) is 4.54. The molecular weight excluding hydrogens is 388 g/mol. The minimum absolute atomic E-state index is 0.453. The molecule has 8 heteroatoms. The number of piperazine rings is 1. The summed E-state index contributed by atoms with van der Waals surface area (Å²) in [5.74, 6) is 0.692. The third-order valence-corrected chi connectivity index (χ3v) is 6.68. The second kappa shape index (κ2) is 7.55. The molecule has 1 aliphatic heterocycles. The van der Waals surface area contributed by atoms with Gasteiger partial charge in [-0.05, 0) is 44.2 Å². The molecule has 0 amide bonds. The third-order valence-electron chi connectivity index (χ3n) is 6.68. The van der Waals surface area contributed by atoms with Crippen molar-refractivity contribution in [2.45, 2.75) is 24.9 Å². The number of hydrogen-bond donors (Lipinski definition) is 1. The van der Waals surface area contributed by atoms with E-state index in [0.717, 1.165) is 27.7 Å². The second-order valence-electron chi connectivity index (χ2n) is 8.72. The number of pyridine rings is 2. The van der Waals surface area contributed by atoms with E-state index in [1.54, 1.807) is 6.20 Å². The Labute approximate surface area is 180 Å². The van der Waals surface area contributed by atoms with E-state index in [1.165, 1.54) is 39.0 Å². The average molecular weight is 415 g/mol. The number of hydrogen-bond acceptors (Lipinski definition) is 7. The van der Waals surface area contributed by atoms with Crippen LogP contribution in [0, 0.1) is 0 Å². The highest BCUT2D eigenvalue weighted by atomic mass is 15.3. The van der Waals surface area contributed by atoms with Crippen LogP contribution in [0.3, 0.4) is 0 Å². The van der Waals surface area contributed by atoms with Crippen LogP contribution >= 0.6 is 0 Å². The number of rotatable bonds is 4. The van der Waals surface area contributed by atoms with Gasteiger partial charge in [-0.3, -0.25) is 4.90 Å². The van der Waals surface area contributed by atoms with Crippen LogP contribution in [-0.4, -0.2) is 79.7 Å². The Balaban J connectivity index is 1.16. The fourth-order valence-corrected chi connectivity index (χ4v) is 4.70. The molecule has 1 aliphatic carbocycles. The van der Waals surface area contributed by atoms with Crippen molar-refractivity contribution >= 4 is 22.5 Å². The molecule has 0 atom stereocenters. The van der Waals surface area contributed by atoms with E-state index < -0.39 is 0 Å². The van der Waals surface area contributed by atoms with Crippen molar-refractivity contribution in [2.75, 3.05) is 38.5 Å². The summed E-state index contributed by atoms with van der Waals surface area (Å²) in [6.45, 7) is 4.71. The molecule has 4 aromatic rings. The van der Waals surface area contributed by atoms with E-state index in [1.807, 2.05) is 35.2 Å². The minimum atomic E-state index is 0.453. The predicted molar refractivity (Wildman–Crippen MR) is 121 cm³/mol. The molecule has 1 saturated carbocycles. The van der Waals surface area contributed by atoms with Gasteiger partial charge < -0.3 is 10.2 Å². The molecule has 2 aliphatic rings. The molecule has 4 aromatic heterocycles. The van der Waals surface area contributed by atoms with Crippen LogP contribution in [0.4, 0.5) is 5.95 Å². The number of likely N-dealkylation sites (N-methyl/N-ethyl adjacent to an activating group) is 1. The standard InChI is InChI=1S/C23H26N8/c1-29-7-9-30(10-8-29)19-12-18(13-19)27-23-26-15-21-20(4-6-31(21)28-23)17-11-16-3-2-5-24-22(16)25-14-17/h2-6,11,14-15,18-19H,7-10,12-13H2,1H3,(H,27,28)/t18-,19+. The van der Waals surface area contributed by atoms with E-state index in [9.17, 15) is 0 Å². The number of nitrogens with zero attached hydrogens (tertiary/aromatic N) is 7. The first-order valence-electron chi connectivity index (χ1n) is 11.0. The van der Waals surface area contributed by atoms with Gasteiger partial charge >= 0.3 is 0 Å². The van der Waals surface area contributed by atoms with Gasteiger partial charge in [0.2, 0.25) is 5.95 Å². The Morgan fingerprint density at radius 3 is 2.74 bits per heavy atom. The van der Waals surface area contributed by atoms with Gasteiger partial charge in [-0.1, -0.05) is 0 Å². The lowest BCUT2D eigenvalue weighted by Crippen LogP contribution is -2.55. The molecule has 0 aromatic carbocycles.